The zero-order chi connectivity index (χ0) is 3.41. The van der Waals surface area contributed by atoms with E-state index in [1.807, 2.05) is 6.92 Å². The monoisotopic (exact) mass is 131 g/mol. The highest BCUT2D eigenvalue weighted by atomic mass is 19.0. The van der Waals surface area contributed by atoms with Gasteiger partial charge in [0.25, 0.3) is 0 Å². The van der Waals surface area contributed by atoms with Gasteiger partial charge in [-0.2, -0.15) is 0 Å². The topological polar surface area (TPSA) is 20.2 Å². The average molecular weight is 131 g/mol. The number of aliphatic hydroxyl groups is 1. The Morgan fingerprint density at radius 3 is 1.25 bits per heavy atom. The van der Waals surface area contributed by atoms with E-state index in [0.717, 1.165) is 6.42 Å². The Labute approximate surface area is 48.8 Å². The maximum absolute atomic E-state index is 7.88. The number of hydrogen-bond donors (Lipinski definition) is 1. The van der Waals surface area contributed by atoms with E-state index in [9.17, 15) is 0 Å². The molecule has 0 atom stereocenters. The lowest BCUT2D eigenvalue weighted by Gasteiger charge is -1.69. The SMILES string of the molecule is CCCO.F.F.F.[B]. The molecular weight excluding hydrogens is 120 g/mol. The molecule has 0 aromatic carbocycles. The van der Waals surface area contributed by atoms with Gasteiger partial charge < -0.3 is 5.11 Å². The lowest BCUT2D eigenvalue weighted by atomic mass is 10.5. The van der Waals surface area contributed by atoms with E-state index >= 15 is 0 Å². The third-order valence-corrected chi connectivity index (χ3v) is 0.224. The van der Waals surface area contributed by atoms with E-state index in [1.165, 1.54) is 0 Å². The lowest BCUT2D eigenvalue weighted by Crippen LogP contribution is -1.69. The number of halogens is 3. The van der Waals surface area contributed by atoms with Crippen LogP contribution in [0, 0.1) is 0 Å². The molecule has 0 unspecified atom stereocenters. The molecule has 0 amide bonds. The van der Waals surface area contributed by atoms with Gasteiger partial charge in [0.15, 0.2) is 0 Å². The molecule has 0 saturated carbocycles. The Morgan fingerprint density at radius 2 is 1.25 bits per heavy atom. The quantitative estimate of drug-likeness (QED) is 0.512. The van der Waals surface area contributed by atoms with Gasteiger partial charge in [0.1, 0.15) is 0 Å². The highest BCUT2D eigenvalue weighted by Crippen LogP contribution is 1.61. The summed E-state index contributed by atoms with van der Waals surface area (Å²) in [6.45, 7) is 2.25. The van der Waals surface area contributed by atoms with Gasteiger partial charge in [0, 0.05) is 15.0 Å². The second kappa shape index (κ2) is 70.0. The van der Waals surface area contributed by atoms with E-state index in [4.69, 9.17) is 5.11 Å². The summed E-state index contributed by atoms with van der Waals surface area (Å²) in [6, 6.07) is 0. The van der Waals surface area contributed by atoms with Gasteiger partial charge >= 0.3 is 0 Å². The highest BCUT2D eigenvalue weighted by molar-refractivity contribution is 5.75. The van der Waals surface area contributed by atoms with Crippen molar-refractivity contribution in [2.45, 2.75) is 13.3 Å². The summed E-state index contributed by atoms with van der Waals surface area (Å²) in [4.78, 5) is 0. The van der Waals surface area contributed by atoms with Gasteiger partial charge in [-0.3, -0.25) is 14.1 Å². The number of hydrogen-bond acceptors (Lipinski definition) is 1. The molecule has 53 valence electrons. The van der Waals surface area contributed by atoms with Crippen LogP contribution in [0.15, 0.2) is 0 Å². The third kappa shape index (κ3) is 203. The van der Waals surface area contributed by atoms with Crippen molar-refractivity contribution in [1.82, 2.24) is 0 Å². The minimum absolute atomic E-state index is 0. The molecule has 3 radical (unpaired) electrons. The molecule has 5 heteroatoms. The number of rotatable bonds is 1. The first-order valence-corrected chi connectivity index (χ1v) is 1.52. The largest absolute Gasteiger partial charge is 0.396 e. The zero-order valence-electron chi connectivity index (χ0n) is 4.66. The van der Waals surface area contributed by atoms with Crippen LogP contribution in [0.2, 0.25) is 0 Å². The molecule has 0 rings (SSSR count). The van der Waals surface area contributed by atoms with Crippen LogP contribution in [0.25, 0.3) is 0 Å². The van der Waals surface area contributed by atoms with Crippen molar-refractivity contribution in [2.24, 2.45) is 0 Å². The molecule has 0 aliphatic carbocycles. The molecule has 0 aromatic heterocycles. The Bertz CT molecular complexity index is 16.5. The molecule has 1 N–H and O–H groups in total. The molecule has 0 heterocycles. The van der Waals surface area contributed by atoms with Crippen LogP contribution in [0.1, 0.15) is 13.3 Å². The summed E-state index contributed by atoms with van der Waals surface area (Å²) >= 11 is 0. The van der Waals surface area contributed by atoms with Gasteiger partial charge in [-0.15, -0.1) is 0 Å². The first kappa shape index (κ1) is 45.8. The predicted molar refractivity (Wildman–Crippen MR) is 30.6 cm³/mol. The Hall–Kier alpha value is -0.185. The van der Waals surface area contributed by atoms with Gasteiger partial charge in [-0.1, -0.05) is 6.92 Å². The van der Waals surface area contributed by atoms with Crippen LogP contribution in [-0.2, 0) is 0 Å². The third-order valence-electron chi connectivity index (χ3n) is 0.224. The standard InChI is InChI=1S/C3H8O.B.3FH/c1-2-3-4;;;;/h4H,2-3H2,1H3;;3*1H. The first-order valence-electron chi connectivity index (χ1n) is 1.52. The van der Waals surface area contributed by atoms with Crippen LogP contribution in [0.5, 0.6) is 0 Å². The van der Waals surface area contributed by atoms with Crippen molar-refractivity contribution in [3.63, 3.8) is 0 Å². The molecule has 0 aliphatic rings. The summed E-state index contributed by atoms with van der Waals surface area (Å²) in [5.41, 5.74) is 0. The molecule has 8 heavy (non-hydrogen) atoms. The lowest BCUT2D eigenvalue weighted by molar-refractivity contribution is 0.295. The van der Waals surface area contributed by atoms with Gasteiger partial charge in [-0.05, 0) is 6.42 Å². The molecule has 0 spiro atoms. The zero-order valence-corrected chi connectivity index (χ0v) is 4.66. The van der Waals surface area contributed by atoms with Gasteiger partial charge in [0.05, 0.1) is 0 Å². The maximum atomic E-state index is 7.88. The van der Waals surface area contributed by atoms with Crippen molar-refractivity contribution in [3.8, 4) is 0 Å². The van der Waals surface area contributed by atoms with Crippen LogP contribution in [-0.4, -0.2) is 20.1 Å². The highest BCUT2D eigenvalue weighted by Gasteiger charge is 1.57. The maximum Gasteiger partial charge on any atom is 0.0428 e. The van der Waals surface area contributed by atoms with Crippen molar-refractivity contribution in [3.05, 3.63) is 0 Å². The fourth-order valence-electron chi connectivity index (χ4n) is 0. The van der Waals surface area contributed by atoms with Crippen molar-refractivity contribution in [1.29, 1.82) is 0 Å². The Morgan fingerprint density at radius 1 is 1.12 bits per heavy atom. The van der Waals surface area contributed by atoms with Crippen molar-refractivity contribution >= 4 is 8.41 Å². The molecule has 0 saturated heterocycles. The second-order valence-electron chi connectivity index (χ2n) is 0.724. The minimum atomic E-state index is 0. The summed E-state index contributed by atoms with van der Waals surface area (Å²) in [7, 11) is 0. The van der Waals surface area contributed by atoms with E-state index < -0.39 is 0 Å². The van der Waals surface area contributed by atoms with Crippen molar-refractivity contribution < 1.29 is 19.2 Å². The van der Waals surface area contributed by atoms with E-state index in [-0.39, 0.29) is 22.5 Å². The molecule has 0 aliphatic heterocycles. The average Bonchev–Trinajstić information content (AvgIpc) is 1.37. The number of aliphatic hydroxyl groups excluding tert-OH is 1. The van der Waals surface area contributed by atoms with Crippen LogP contribution < -0.4 is 0 Å². The van der Waals surface area contributed by atoms with Gasteiger partial charge in [-0.25, -0.2) is 0 Å². The summed E-state index contributed by atoms with van der Waals surface area (Å²) in [5.74, 6) is 0. The molecule has 1 nitrogen and oxygen atoms in total. The molecule has 0 bridgehead atoms. The second-order valence-corrected chi connectivity index (χ2v) is 0.724. The molecular formula is C3H11BF3O. The molecule has 0 fully saturated rings. The van der Waals surface area contributed by atoms with E-state index in [0.29, 0.717) is 6.61 Å². The summed E-state index contributed by atoms with van der Waals surface area (Å²) in [6.07, 6.45) is 0.875. The van der Waals surface area contributed by atoms with Crippen LogP contribution >= 0.6 is 0 Å². The fraction of sp³-hybridized carbons (Fsp3) is 1.00. The predicted octanol–water partition coefficient (Wildman–Crippen LogP) is 0.465. The summed E-state index contributed by atoms with van der Waals surface area (Å²) in [5, 5.41) is 7.88. The summed E-state index contributed by atoms with van der Waals surface area (Å²) < 4.78 is 0. The van der Waals surface area contributed by atoms with Crippen LogP contribution in [0.4, 0.5) is 14.1 Å². The Balaban J connectivity index is -0.00000000750. The van der Waals surface area contributed by atoms with Crippen molar-refractivity contribution in [2.75, 3.05) is 6.61 Å². The smallest absolute Gasteiger partial charge is 0.0428 e. The first-order chi connectivity index (χ1) is 1.91. The van der Waals surface area contributed by atoms with E-state index in [2.05, 4.69) is 0 Å². The van der Waals surface area contributed by atoms with E-state index in [1.54, 1.807) is 0 Å². The Kier molecular flexibility index (Phi) is 401. The van der Waals surface area contributed by atoms with Crippen LogP contribution in [0.3, 0.4) is 0 Å². The minimum Gasteiger partial charge on any atom is -0.396 e. The molecule has 0 aromatic rings. The fourth-order valence-corrected chi connectivity index (χ4v) is 0. The normalized spacial score (nSPS) is 3.75. The van der Waals surface area contributed by atoms with Gasteiger partial charge in [0.2, 0.25) is 0 Å².